The second kappa shape index (κ2) is 5.56. The number of amides is 1. The molecule has 1 aromatic heterocycles. The van der Waals surface area contributed by atoms with Gasteiger partial charge in [-0.15, -0.1) is 11.6 Å². The first-order valence-corrected chi connectivity index (χ1v) is 5.12. The molecule has 82 valence electrons. The fraction of sp³-hybridized carbons (Fsp3) is 0.400. The van der Waals surface area contributed by atoms with Gasteiger partial charge in [0.25, 0.3) is 0 Å². The van der Waals surface area contributed by atoms with Crippen molar-refractivity contribution in [3.63, 3.8) is 0 Å². The molecule has 0 fully saturated rings. The van der Waals surface area contributed by atoms with E-state index in [0.29, 0.717) is 6.54 Å². The number of alkyl halides is 1. The van der Waals surface area contributed by atoms with E-state index < -0.39 is 0 Å². The maximum atomic E-state index is 11.0. The number of hydrogen-bond donors (Lipinski definition) is 1. The molecule has 0 saturated carbocycles. The summed E-state index contributed by atoms with van der Waals surface area (Å²) in [6, 6.07) is 3.82. The van der Waals surface area contributed by atoms with Gasteiger partial charge in [-0.25, -0.2) is 0 Å². The first-order valence-electron chi connectivity index (χ1n) is 4.59. The summed E-state index contributed by atoms with van der Waals surface area (Å²) in [5.41, 5.74) is 1.83. The molecule has 0 aliphatic rings. The van der Waals surface area contributed by atoms with E-state index in [2.05, 4.69) is 10.3 Å². The van der Waals surface area contributed by atoms with E-state index in [4.69, 9.17) is 11.6 Å². The third-order valence-electron chi connectivity index (χ3n) is 1.92. The SMILES string of the molecule is CN(C)c1cccnc1CNC(=O)CCl. The Kier molecular flexibility index (Phi) is 4.37. The predicted octanol–water partition coefficient (Wildman–Crippen LogP) is 1.00. The van der Waals surface area contributed by atoms with Gasteiger partial charge in [0.1, 0.15) is 5.88 Å². The van der Waals surface area contributed by atoms with Crippen molar-refractivity contribution in [3.05, 3.63) is 24.0 Å². The first kappa shape index (κ1) is 11.8. The fourth-order valence-electron chi connectivity index (χ4n) is 1.20. The monoisotopic (exact) mass is 227 g/mol. The van der Waals surface area contributed by atoms with Crippen molar-refractivity contribution in [2.75, 3.05) is 24.9 Å². The molecule has 0 spiro atoms. The highest BCUT2D eigenvalue weighted by Crippen LogP contribution is 2.14. The molecule has 1 aromatic rings. The van der Waals surface area contributed by atoms with Crippen LogP contribution in [0.25, 0.3) is 0 Å². The highest BCUT2D eigenvalue weighted by molar-refractivity contribution is 6.27. The van der Waals surface area contributed by atoms with Crippen LogP contribution in [0, 0.1) is 0 Å². The van der Waals surface area contributed by atoms with E-state index in [0.717, 1.165) is 11.4 Å². The summed E-state index contributed by atoms with van der Waals surface area (Å²) in [7, 11) is 3.87. The molecule has 0 saturated heterocycles. The molecule has 0 aliphatic heterocycles. The molecule has 0 aromatic carbocycles. The summed E-state index contributed by atoms with van der Waals surface area (Å²) < 4.78 is 0. The molecule has 1 rings (SSSR count). The Balaban J connectivity index is 2.71. The van der Waals surface area contributed by atoms with Crippen molar-refractivity contribution in [3.8, 4) is 0 Å². The summed E-state index contributed by atoms with van der Waals surface area (Å²) in [5, 5.41) is 2.68. The molecule has 0 bridgehead atoms. The zero-order valence-electron chi connectivity index (χ0n) is 8.83. The summed E-state index contributed by atoms with van der Waals surface area (Å²) in [4.78, 5) is 17.1. The number of anilines is 1. The normalized spacial score (nSPS) is 9.80. The van der Waals surface area contributed by atoms with Crippen LogP contribution in [0.15, 0.2) is 18.3 Å². The van der Waals surface area contributed by atoms with Gasteiger partial charge in [-0.2, -0.15) is 0 Å². The van der Waals surface area contributed by atoms with Crippen LogP contribution < -0.4 is 10.2 Å². The Bertz CT molecular complexity index is 341. The van der Waals surface area contributed by atoms with Gasteiger partial charge in [0.05, 0.1) is 17.9 Å². The first-order chi connectivity index (χ1) is 7.15. The smallest absolute Gasteiger partial charge is 0.235 e. The van der Waals surface area contributed by atoms with Crippen molar-refractivity contribution in [1.82, 2.24) is 10.3 Å². The van der Waals surface area contributed by atoms with Gasteiger partial charge in [0, 0.05) is 20.3 Å². The maximum absolute atomic E-state index is 11.0. The zero-order valence-corrected chi connectivity index (χ0v) is 9.58. The van der Waals surface area contributed by atoms with Gasteiger partial charge in [-0.05, 0) is 12.1 Å². The van der Waals surface area contributed by atoms with E-state index >= 15 is 0 Å². The van der Waals surface area contributed by atoms with Crippen molar-refractivity contribution in [2.24, 2.45) is 0 Å². The minimum absolute atomic E-state index is 0.0237. The molecule has 0 radical (unpaired) electrons. The molecular formula is C10H14ClN3O. The lowest BCUT2D eigenvalue weighted by Gasteiger charge is -2.16. The van der Waals surface area contributed by atoms with Crippen molar-refractivity contribution in [1.29, 1.82) is 0 Å². The van der Waals surface area contributed by atoms with Crippen LogP contribution in [0.5, 0.6) is 0 Å². The second-order valence-corrected chi connectivity index (χ2v) is 3.54. The second-order valence-electron chi connectivity index (χ2n) is 3.27. The van der Waals surface area contributed by atoms with Gasteiger partial charge in [-0.1, -0.05) is 0 Å². The average molecular weight is 228 g/mol. The number of hydrogen-bond acceptors (Lipinski definition) is 3. The van der Waals surface area contributed by atoms with E-state index in [9.17, 15) is 4.79 Å². The van der Waals surface area contributed by atoms with E-state index in [1.165, 1.54) is 0 Å². The van der Waals surface area contributed by atoms with Gasteiger partial charge < -0.3 is 10.2 Å². The number of nitrogens with zero attached hydrogens (tertiary/aromatic N) is 2. The van der Waals surface area contributed by atoms with Gasteiger partial charge >= 0.3 is 0 Å². The Morgan fingerprint density at radius 1 is 1.60 bits per heavy atom. The van der Waals surface area contributed by atoms with E-state index in [1.807, 2.05) is 31.1 Å². The molecule has 4 nitrogen and oxygen atoms in total. The minimum Gasteiger partial charge on any atom is -0.376 e. The van der Waals surface area contributed by atoms with Crippen LogP contribution in [-0.4, -0.2) is 30.9 Å². The topological polar surface area (TPSA) is 45.2 Å². The predicted molar refractivity (Wildman–Crippen MR) is 61.1 cm³/mol. The number of rotatable bonds is 4. The standard InChI is InChI=1S/C10H14ClN3O/c1-14(2)9-4-3-5-12-8(9)7-13-10(15)6-11/h3-5H,6-7H2,1-2H3,(H,13,15). The van der Waals surface area contributed by atoms with E-state index in [1.54, 1.807) is 6.20 Å². The largest absolute Gasteiger partial charge is 0.376 e. The van der Waals surface area contributed by atoms with Crippen LogP contribution in [0.3, 0.4) is 0 Å². The fourth-order valence-corrected chi connectivity index (χ4v) is 1.30. The summed E-state index contributed by atoms with van der Waals surface area (Å²) in [6.07, 6.45) is 1.70. The Hall–Kier alpha value is -1.29. The van der Waals surface area contributed by atoms with Crippen molar-refractivity contribution < 1.29 is 4.79 Å². The third kappa shape index (κ3) is 3.40. The van der Waals surface area contributed by atoms with Crippen LogP contribution in [-0.2, 0) is 11.3 Å². The van der Waals surface area contributed by atoms with Gasteiger partial charge in [0.15, 0.2) is 0 Å². The number of nitrogens with one attached hydrogen (secondary N) is 1. The zero-order chi connectivity index (χ0) is 11.3. The molecule has 1 amide bonds. The molecular weight excluding hydrogens is 214 g/mol. The number of carbonyl (C=O) groups excluding carboxylic acids is 1. The lowest BCUT2D eigenvalue weighted by molar-refractivity contribution is -0.118. The quantitative estimate of drug-likeness (QED) is 0.781. The third-order valence-corrected chi connectivity index (χ3v) is 2.17. The maximum Gasteiger partial charge on any atom is 0.235 e. The van der Waals surface area contributed by atoms with Gasteiger partial charge in [-0.3, -0.25) is 9.78 Å². The summed E-state index contributed by atoms with van der Waals surface area (Å²) in [6.45, 7) is 0.403. The summed E-state index contributed by atoms with van der Waals surface area (Å²) >= 11 is 5.38. The average Bonchev–Trinajstić information content (AvgIpc) is 2.26. The molecule has 0 atom stereocenters. The van der Waals surface area contributed by atoms with Crippen LogP contribution in [0.4, 0.5) is 5.69 Å². The molecule has 0 aliphatic carbocycles. The number of aromatic nitrogens is 1. The number of halogens is 1. The highest BCUT2D eigenvalue weighted by atomic mass is 35.5. The van der Waals surface area contributed by atoms with Crippen molar-refractivity contribution in [2.45, 2.75) is 6.54 Å². The molecule has 15 heavy (non-hydrogen) atoms. The molecule has 5 heteroatoms. The van der Waals surface area contributed by atoms with Gasteiger partial charge in [0.2, 0.25) is 5.91 Å². The number of carbonyl (C=O) groups is 1. The van der Waals surface area contributed by atoms with Crippen LogP contribution in [0.1, 0.15) is 5.69 Å². The lowest BCUT2D eigenvalue weighted by Crippen LogP contribution is -2.25. The van der Waals surface area contributed by atoms with Crippen LogP contribution in [0.2, 0.25) is 0 Å². The Morgan fingerprint density at radius 2 is 2.33 bits per heavy atom. The lowest BCUT2D eigenvalue weighted by atomic mass is 10.2. The molecule has 1 heterocycles. The highest BCUT2D eigenvalue weighted by Gasteiger charge is 2.06. The molecule has 1 N–H and O–H groups in total. The Morgan fingerprint density at radius 3 is 2.93 bits per heavy atom. The number of pyridine rings is 1. The van der Waals surface area contributed by atoms with Crippen LogP contribution >= 0.6 is 11.6 Å². The van der Waals surface area contributed by atoms with Crippen molar-refractivity contribution >= 4 is 23.2 Å². The van der Waals surface area contributed by atoms with E-state index in [-0.39, 0.29) is 11.8 Å². The minimum atomic E-state index is -0.188. The Labute approximate surface area is 94.3 Å². The summed E-state index contributed by atoms with van der Waals surface area (Å²) in [5.74, 6) is -0.212. The molecule has 0 unspecified atom stereocenters.